The van der Waals surface area contributed by atoms with Gasteiger partial charge in [0.15, 0.2) is 5.65 Å². The third-order valence-corrected chi connectivity index (χ3v) is 3.58. The van der Waals surface area contributed by atoms with E-state index < -0.39 is 0 Å². The summed E-state index contributed by atoms with van der Waals surface area (Å²) in [5.74, 6) is 1.63. The van der Waals surface area contributed by atoms with Gasteiger partial charge in [-0.15, -0.1) is 0 Å². The summed E-state index contributed by atoms with van der Waals surface area (Å²) in [6.07, 6.45) is 5.61. The minimum Gasteiger partial charge on any atom is -0.356 e. The molecule has 0 aromatic carbocycles. The fourth-order valence-electron chi connectivity index (χ4n) is 2.27. The van der Waals surface area contributed by atoms with Gasteiger partial charge in [-0.05, 0) is 26.2 Å². The van der Waals surface area contributed by atoms with E-state index in [9.17, 15) is 0 Å². The number of anilines is 2. The first-order chi connectivity index (χ1) is 8.79. The van der Waals surface area contributed by atoms with Crippen molar-refractivity contribution in [3.8, 4) is 0 Å². The minimum absolute atomic E-state index is 0.604. The highest BCUT2D eigenvalue weighted by atomic mass is 15.3. The molecule has 6 heteroatoms. The molecule has 1 saturated carbocycles. The van der Waals surface area contributed by atoms with E-state index in [-0.39, 0.29) is 0 Å². The van der Waals surface area contributed by atoms with E-state index in [1.807, 2.05) is 6.92 Å². The van der Waals surface area contributed by atoms with Gasteiger partial charge in [-0.1, -0.05) is 0 Å². The number of hydrogen-bond acceptors (Lipinski definition) is 5. The van der Waals surface area contributed by atoms with E-state index in [0.29, 0.717) is 12.0 Å². The molecule has 1 fully saturated rings. The maximum Gasteiger partial charge on any atom is 0.226 e. The number of H-pyrrole nitrogens is 1. The number of aromatic nitrogens is 4. The van der Waals surface area contributed by atoms with Crippen LogP contribution in [0.1, 0.15) is 26.2 Å². The zero-order chi connectivity index (χ0) is 12.5. The fourth-order valence-corrected chi connectivity index (χ4v) is 2.27. The van der Waals surface area contributed by atoms with Crippen molar-refractivity contribution in [1.82, 2.24) is 20.2 Å². The van der Waals surface area contributed by atoms with E-state index in [1.54, 1.807) is 6.20 Å². The first kappa shape index (κ1) is 11.3. The summed E-state index contributed by atoms with van der Waals surface area (Å²) in [5.41, 5.74) is 0.794. The Hall–Kier alpha value is -1.85. The van der Waals surface area contributed by atoms with Crippen LogP contribution in [-0.4, -0.2) is 39.8 Å². The van der Waals surface area contributed by atoms with E-state index in [2.05, 4.69) is 37.4 Å². The van der Waals surface area contributed by atoms with E-state index in [4.69, 9.17) is 0 Å². The molecule has 2 aromatic rings. The van der Waals surface area contributed by atoms with Crippen molar-refractivity contribution in [1.29, 1.82) is 0 Å². The molecular weight excluding hydrogens is 228 g/mol. The third-order valence-electron chi connectivity index (χ3n) is 3.58. The Morgan fingerprint density at radius 1 is 1.44 bits per heavy atom. The van der Waals surface area contributed by atoms with Crippen LogP contribution < -0.4 is 10.2 Å². The Morgan fingerprint density at radius 2 is 2.28 bits per heavy atom. The van der Waals surface area contributed by atoms with E-state index >= 15 is 0 Å². The van der Waals surface area contributed by atoms with Crippen molar-refractivity contribution < 1.29 is 0 Å². The maximum absolute atomic E-state index is 4.61. The molecule has 0 radical (unpaired) electrons. The molecule has 1 aliphatic carbocycles. The maximum atomic E-state index is 4.61. The second kappa shape index (κ2) is 4.44. The smallest absolute Gasteiger partial charge is 0.226 e. The van der Waals surface area contributed by atoms with E-state index in [0.717, 1.165) is 23.4 Å². The molecular formula is C12H18N6. The van der Waals surface area contributed by atoms with Crippen LogP contribution in [0.15, 0.2) is 6.20 Å². The Labute approximate surface area is 106 Å². The largest absolute Gasteiger partial charge is 0.356 e. The Bertz CT molecular complexity index is 544. The first-order valence-electron chi connectivity index (χ1n) is 6.47. The number of nitrogens with one attached hydrogen (secondary N) is 2. The molecule has 0 saturated heterocycles. The highest BCUT2D eigenvalue weighted by Crippen LogP contribution is 2.31. The van der Waals surface area contributed by atoms with Gasteiger partial charge < -0.3 is 10.2 Å². The Morgan fingerprint density at radius 3 is 2.94 bits per heavy atom. The van der Waals surface area contributed by atoms with Gasteiger partial charge in [-0.3, -0.25) is 5.10 Å². The lowest BCUT2D eigenvalue weighted by molar-refractivity contribution is 0.400. The molecule has 96 valence electrons. The van der Waals surface area contributed by atoms with Crippen LogP contribution in [0.4, 0.5) is 11.8 Å². The Balaban J connectivity index is 2.03. The second-order valence-electron chi connectivity index (χ2n) is 4.73. The van der Waals surface area contributed by atoms with Crippen LogP contribution in [0, 0.1) is 0 Å². The quantitative estimate of drug-likeness (QED) is 0.860. The molecule has 3 rings (SSSR count). The van der Waals surface area contributed by atoms with Crippen molar-refractivity contribution in [3.63, 3.8) is 0 Å². The zero-order valence-electron chi connectivity index (χ0n) is 10.8. The summed E-state index contributed by atoms with van der Waals surface area (Å²) in [4.78, 5) is 11.3. The molecule has 0 aliphatic heterocycles. The SMILES string of the molecule is CCNc1nc(N(C)C2CCC2)c2cn[nH]c2n1. The van der Waals surface area contributed by atoms with Crippen LogP contribution in [0.5, 0.6) is 0 Å². The van der Waals surface area contributed by atoms with Crippen molar-refractivity contribution in [2.45, 2.75) is 32.2 Å². The van der Waals surface area contributed by atoms with Crippen molar-refractivity contribution in [3.05, 3.63) is 6.20 Å². The summed E-state index contributed by atoms with van der Waals surface area (Å²) >= 11 is 0. The molecule has 2 aromatic heterocycles. The molecule has 1 aliphatic rings. The van der Waals surface area contributed by atoms with Crippen LogP contribution >= 0.6 is 0 Å². The average molecular weight is 246 g/mol. The van der Waals surface area contributed by atoms with Crippen LogP contribution in [-0.2, 0) is 0 Å². The third kappa shape index (κ3) is 1.77. The molecule has 0 bridgehead atoms. The average Bonchev–Trinajstić information content (AvgIpc) is 2.73. The summed E-state index contributed by atoms with van der Waals surface area (Å²) in [6, 6.07) is 0.604. The standard InChI is InChI=1S/C12H18N6/c1-3-13-12-15-10-9(7-14-17-10)11(16-12)18(2)8-5-4-6-8/h7-8H,3-6H2,1-2H3,(H2,13,14,15,16,17). The molecule has 2 N–H and O–H groups in total. The van der Waals surface area contributed by atoms with Gasteiger partial charge in [-0.25, -0.2) is 0 Å². The predicted molar refractivity (Wildman–Crippen MR) is 71.9 cm³/mol. The van der Waals surface area contributed by atoms with Crippen LogP contribution in [0.25, 0.3) is 11.0 Å². The second-order valence-corrected chi connectivity index (χ2v) is 4.73. The predicted octanol–water partition coefficient (Wildman–Crippen LogP) is 1.77. The molecule has 6 nitrogen and oxygen atoms in total. The van der Waals surface area contributed by atoms with Crippen LogP contribution in [0.3, 0.4) is 0 Å². The molecule has 0 amide bonds. The lowest BCUT2D eigenvalue weighted by Gasteiger charge is -2.35. The lowest BCUT2D eigenvalue weighted by atomic mass is 9.92. The van der Waals surface area contributed by atoms with Gasteiger partial charge in [0.05, 0.1) is 11.6 Å². The van der Waals surface area contributed by atoms with Gasteiger partial charge in [0, 0.05) is 19.6 Å². The molecule has 2 heterocycles. The van der Waals surface area contributed by atoms with Gasteiger partial charge >= 0.3 is 0 Å². The summed E-state index contributed by atoms with van der Waals surface area (Å²) in [7, 11) is 2.11. The number of fused-ring (bicyclic) bond motifs is 1. The highest BCUT2D eigenvalue weighted by Gasteiger charge is 2.25. The normalized spacial score (nSPS) is 15.7. The minimum atomic E-state index is 0.604. The zero-order valence-corrected chi connectivity index (χ0v) is 10.8. The Kier molecular flexibility index (Phi) is 2.77. The van der Waals surface area contributed by atoms with E-state index in [1.165, 1.54) is 19.3 Å². The van der Waals surface area contributed by atoms with Gasteiger partial charge in [0.2, 0.25) is 5.95 Å². The van der Waals surface area contributed by atoms with Crippen LogP contribution in [0.2, 0.25) is 0 Å². The molecule has 0 atom stereocenters. The summed E-state index contributed by atoms with van der Waals surface area (Å²) < 4.78 is 0. The van der Waals surface area contributed by atoms with Gasteiger partial charge in [0.1, 0.15) is 5.82 Å². The topological polar surface area (TPSA) is 69.7 Å². The molecule has 18 heavy (non-hydrogen) atoms. The molecule has 0 unspecified atom stereocenters. The molecule has 0 spiro atoms. The summed E-state index contributed by atoms with van der Waals surface area (Å²) in [5, 5.41) is 11.1. The van der Waals surface area contributed by atoms with Gasteiger partial charge in [-0.2, -0.15) is 15.1 Å². The van der Waals surface area contributed by atoms with Crippen molar-refractivity contribution >= 4 is 22.8 Å². The number of hydrogen-bond donors (Lipinski definition) is 2. The van der Waals surface area contributed by atoms with Gasteiger partial charge in [0.25, 0.3) is 0 Å². The van der Waals surface area contributed by atoms with Crippen molar-refractivity contribution in [2.24, 2.45) is 0 Å². The fraction of sp³-hybridized carbons (Fsp3) is 0.583. The number of nitrogens with zero attached hydrogens (tertiary/aromatic N) is 4. The monoisotopic (exact) mass is 246 g/mol. The van der Waals surface area contributed by atoms with Crippen molar-refractivity contribution in [2.75, 3.05) is 23.8 Å². The lowest BCUT2D eigenvalue weighted by Crippen LogP contribution is -2.37. The first-order valence-corrected chi connectivity index (χ1v) is 6.47. The number of rotatable bonds is 4. The summed E-state index contributed by atoms with van der Waals surface area (Å²) in [6.45, 7) is 2.85. The number of aromatic amines is 1. The highest BCUT2D eigenvalue weighted by molar-refractivity contribution is 5.87.